The van der Waals surface area contributed by atoms with Crippen LogP contribution in [0.15, 0.2) is 60.5 Å². The van der Waals surface area contributed by atoms with Gasteiger partial charge in [-0.1, -0.05) is 71.4 Å². The number of nitrogens with zero attached hydrogens (tertiary/aromatic N) is 1. The van der Waals surface area contributed by atoms with Gasteiger partial charge in [0.2, 0.25) is 0 Å². The third kappa shape index (κ3) is 7.99. The van der Waals surface area contributed by atoms with Crippen LogP contribution in [0.2, 0.25) is 0 Å². The van der Waals surface area contributed by atoms with Crippen molar-refractivity contribution in [1.29, 1.82) is 0 Å². The first-order valence-corrected chi connectivity index (χ1v) is 15.8. The Morgan fingerprint density at radius 3 is 2.23 bits per heavy atom. The fourth-order valence-corrected chi connectivity index (χ4v) is 6.73. The number of carbonyl (C=O) groups is 1. The number of hydrogen-bond donors (Lipinski definition) is 1. The molecule has 3 aromatic carbocycles. The molecule has 3 nitrogen and oxygen atoms in total. The molecule has 0 unspecified atom stereocenters. The maximum absolute atomic E-state index is 14.4. The van der Waals surface area contributed by atoms with Gasteiger partial charge in [0, 0.05) is 44.2 Å². The van der Waals surface area contributed by atoms with E-state index in [1.807, 2.05) is 26.0 Å². The van der Waals surface area contributed by atoms with Crippen LogP contribution >= 0.6 is 0 Å². The summed E-state index contributed by atoms with van der Waals surface area (Å²) < 4.78 is 14.4. The Morgan fingerprint density at radius 1 is 0.907 bits per heavy atom. The molecule has 0 spiro atoms. The summed E-state index contributed by atoms with van der Waals surface area (Å²) in [6.07, 6.45) is 15.5. The van der Waals surface area contributed by atoms with Gasteiger partial charge in [-0.05, 0) is 83.1 Å². The summed E-state index contributed by atoms with van der Waals surface area (Å²) in [5.41, 5.74) is 4.90. The van der Waals surface area contributed by atoms with Crippen molar-refractivity contribution in [2.45, 2.75) is 91.4 Å². The minimum atomic E-state index is -0.140. The number of ketones is 1. The van der Waals surface area contributed by atoms with Gasteiger partial charge in [-0.3, -0.25) is 4.79 Å². The van der Waals surface area contributed by atoms with Gasteiger partial charge in [0.05, 0.1) is 5.76 Å². The molecule has 2 saturated carbocycles. The molecule has 2 aliphatic carbocycles. The molecule has 0 amide bonds. The second-order valence-corrected chi connectivity index (χ2v) is 12.2. The van der Waals surface area contributed by atoms with Crippen LogP contribution in [0.3, 0.4) is 0 Å². The van der Waals surface area contributed by atoms with Gasteiger partial charge in [-0.25, -0.2) is 4.39 Å². The number of allylic oxidation sites excluding steroid dienone is 2. The maximum atomic E-state index is 14.4. The normalized spacial score (nSPS) is 16.4. The maximum Gasteiger partial charge on any atom is 0.162 e. The summed E-state index contributed by atoms with van der Waals surface area (Å²) in [5.74, 6) is 0.845. The van der Waals surface area contributed by atoms with Crippen LogP contribution in [-0.2, 0) is 31.3 Å². The van der Waals surface area contributed by atoms with Crippen LogP contribution in [0.5, 0.6) is 0 Å². The third-order valence-electron chi connectivity index (χ3n) is 9.03. The zero-order valence-corrected chi connectivity index (χ0v) is 28.0. The first-order chi connectivity index (χ1) is 20.3. The topological polar surface area (TPSA) is 50.2 Å². The van der Waals surface area contributed by atoms with Gasteiger partial charge in [0.1, 0.15) is 5.82 Å². The summed E-state index contributed by atoms with van der Waals surface area (Å²) in [4.78, 5) is 16.6. The summed E-state index contributed by atoms with van der Waals surface area (Å²) in [7, 11) is 0. The van der Waals surface area contributed by atoms with Crippen LogP contribution in [-0.4, -0.2) is 15.9 Å². The minimum absolute atomic E-state index is 0. The van der Waals surface area contributed by atoms with Crippen molar-refractivity contribution in [2.75, 3.05) is 0 Å². The number of hydrogen-bond acceptors (Lipinski definition) is 3. The van der Waals surface area contributed by atoms with E-state index in [0.717, 1.165) is 69.6 Å². The molecular formula is C38H43FIrNO2-. The zero-order chi connectivity index (χ0) is 29.6. The van der Waals surface area contributed by atoms with Gasteiger partial charge in [0.15, 0.2) is 5.78 Å². The van der Waals surface area contributed by atoms with Crippen molar-refractivity contribution in [1.82, 2.24) is 4.98 Å². The number of rotatable bonds is 5. The van der Waals surface area contributed by atoms with Crippen LogP contribution in [0.1, 0.15) is 87.8 Å². The molecule has 4 aromatic rings. The Bertz CT molecular complexity index is 1580. The number of halogens is 1. The smallest absolute Gasteiger partial charge is 0.162 e. The van der Waals surface area contributed by atoms with E-state index in [4.69, 9.17) is 0 Å². The molecule has 0 saturated heterocycles. The first-order valence-electron chi connectivity index (χ1n) is 15.8. The van der Waals surface area contributed by atoms with Crippen LogP contribution in [0.4, 0.5) is 4.39 Å². The predicted molar refractivity (Wildman–Crippen MR) is 171 cm³/mol. The number of carbonyl (C=O) groups excluding carboxylic acids is 1. The Kier molecular flexibility index (Phi) is 11.7. The quantitative estimate of drug-likeness (QED) is 0.0955. The van der Waals surface area contributed by atoms with E-state index in [1.165, 1.54) is 44.1 Å². The summed E-state index contributed by atoms with van der Waals surface area (Å²) in [6, 6.07) is 17.3. The fourth-order valence-electron chi connectivity index (χ4n) is 6.73. The molecule has 2 fully saturated rings. The molecule has 0 bridgehead atoms. The average Bonchev–Trinajstić information content (AvgIpc) is 3.01. The number of aromatic nitrogens is 1. The van der Waals surface area contributed by atoms with E-state index < -0.39 is 0 Å². The number of aliphatic hydroxyl groups is 1. The summed E-state index contributed by atoms with van der Waals surface area (Å²) in [6.45, 7) is 6.09. The van der Waals surface area contributed by atoms with Gasteiger partial charge >= 0.3 is 0 Å². The van der Waals surface area contributed by atoms with Crippen molar-refractivity contribution in [3.8, 4) is 11.3 Å². The fraction of sp³-hybridized carbons (Fsp3) is 0.421. The molecule has 1 radical (unpaired) electrons. The second-order valence-electron chi connectivity index (χ2n) is 12.2. The molecule has 0 aliphatic heterocycles. The van der Waals surface area contributed by atoms with Crippen LogP contribution in [0, 0.1) is 37.6 Å². The van der Waals surface area contributed by atoms with Crippen molar-refractivity contribution in [2.24, 2.45) is 11.8 Å². The van der Waals surface area contributed by atoms with E-state index in [2.05, 4.69) is 42.2 Å². The van der Waals surface area contributed by atoms with Crippen molar-refractivity contribution >= 4 is 27.3 Å². The van der Waals surface area contributed by atoms with E-state index in [0.29, 0.717) is 12.2 Å². The summed E-state index contributed by atoms with van der Waals surface area (Å²) >= 11 is 0. The van der Waals surface area contributed by atoms with Crippen LogP contribution < -0.4 is 0 Å². The molecule has 43 heavy (non-hydrogen) atoms. The van der Waals surface area contributed by atoms with Gasteiger partial charge in [-0.2, -0.15) is 0 Å². The van der Waals surface area contributed by atoms with Gasteiger partial charge in [0.25, 0.3) is 0 Å². The largest absolute Gasteiger partial charge is 0.512 e. The van der Waals surface area contributed by atoms with Crippen molar-refractivity contribution in [3.63, 3.8) is 0 Å². The van der Waals surface area contributed by atoms with Crippen molar-refractivity contribution in [3.05, 3.63) is 89.1 Å². The Hall–Kier alpha value is -2.88. The standard InChI is InChI=1S/C23H19FN.C15H24O2.Ir/c1-4-16-12-17-5-6-20-19(21(17)13-22(16)24)7-8-25-23(20)18-10-14(2)9-15(3)11-18;16-14(12-7-3-1-4-8-12)11-15(17)13-9-5-2-6-10-13;/h5-10,12-13H,4H2,1-3H3;11-13,16H,1-10H2;/q-1;;/b;14-11-;. The Morgan fingerprint density at radius 2 is 1.58 bits per heavy atom. The molecule has 229 valence electrons. The number of benzene rings is 3. The van der Waals surface area contributed by atoms with E-state index in [9.17, 15) is 14.3 Å². The van der Waals surface area contributed by atoms with E-state index in [-0.39, 0.29) is 43.5 Å². The number of fused-ring (bicyclic) bond motifs is 3. The van der Waals surface area contributed by atoms with Crippen molar-refractivity contribution < 1.29 is 34.4 Å². The average molecular weight is 757 g/mol. The molecule has 1 N–H and O–H groups in total. The molecule has 0 atom stereocenters. The molecule has 1 aromatic heterocycles. The first kappa shape index (κ1) is 33.0. The van der Waals surface area contributed by atoms with E-state index >= 15 is 0 Å². The second kappa shape index (κ2) is 15.2. The molecule has 6 rings (SSSR count). The third-order valence-corrected chi connectivity index (χ3v) is 9.03. The molecule has 1 heterocycles. The summed E-state index contributed by atoms with van der Waals surface area (Å²) in [5, 5.41) is 14.1. The van der Waals surface area contributed by atoms with Gasteiger partial charge in [-0.15, -0.1) is 34.9 Å². The van der Waals surface area contributed by atoms with E-state index in [1.54, 1.807) is 18.3 Å². The predicted octanol–water partition coefficient (Wildman–Crippen LogP) is 10.3. The number of aliphatic hydroxyl groups excluding tert-OH is 1. The zero-order valence-electron chi connectivity index (χ0n) is 25.6. The number of pyridine rings is 1. The molecule has 2 aliphatic rings. The Labute approximate surface area is 269 Å². The Balaban J connectivity index is 0.000000207. The monoisotopic (exact) mass is 757 g/mol. The SMILES string of the molecule is CCc1cc2ccc3c(-c4[c-]c(C)cc(C)c4)nccc3c2cc1F.O=C(/C=C(\O)C1CCCCC1)C1CCCCC1.[Ir]. The molecular weight excluding hydrogens is 714 g/mol. The molecule has 5 heteroatoms. The van der Waals surface area contributed by atoms with Crippen LogP contribution in [0.25, 0.3) is 32.8 Å². The minimum Gasteiger partial charge on any atom is -0.512 e. The van der Waals surface area contributed by atoms with Gasteiger partial charge < -0.3 is 10.1 Å². The number of aryl methyl sites for hydroxylation is 3.